The van der Waals surface area contributed by atoms with Crippen LogP contribution in [0.2, 0.25) is 0 Å². The molecule has 0 aliphatic heterocycles. The summed E-state index contributed by atoms with van der Waals surface area (Å²) in [5.74, 6) is 0.198. The third-order valence-corrected chi connectivity index (χ3v) is 3.41. The van der Waals surface area contributed by atoms with Gasteiger partial charge in [0, 0.05) is 24.0 Å². The molecular formula is C12H13NO2S. The highest BCUT2D eigenvalue weighted by atomic mass is 32.2. The van der Waals surface area contributed by atoms with E-state index < -0.39 is 9.84 Å². The van der Waals surface area contributed by atoms with Crippen molar-refractivity contribution in [1.29, 1.82) is 0 Å². The monoisotopic (exact) mass is 235 g/mol. The molecule has 84 valence electrons. The number of fused-ring (bicyclic) bond motifs is 1. The second kappa shape index (κ2) is 4.22. The molecule has 0 atom stereocenters. The molecule has 0 N–H and O–H groups in total. The van der Waals surface area contributed by atoms with Crippen LogP contribution < -0.4 is 0 Å². The summed E-state index contributed by atoms with van der Waals surface area (Å²) >= 11 is 0. The normalized spacial score (nSPS) is 11.8. The van der Waals surface area contributed by atoms with Crippen molar-refractivity contribution in [3.63, 3.8) is 0 Å². The van der Waals surface area contributed by atoms with Crippen LogP contribution in [0.15, 0.2) is 36.7 Å². The minimum Gasteiger partial charge on any atom is -0.264 e. The molecule has 0 unspecified atom stereocenters. The number of hydrogen-bond donors (Lipinski definition) is 0. The summed E-state index contributed by atoms with van der Waals surface area (Å²) in [5, 5.41) is 2.17. The first-order valence-corrected chi connectivity index (χ1v) is 7.11. The van der Waals surface area contributed by atoms with Gasteiger partial charge in [-0.15, -0.1) is 0 Å². The molecule has 0 radical (unpaired) electrons. The van der Waals surface area contributed by atoms with Crippen molar-refractivity contribution in [2.45, 2.75) is 6.42 Å². The molecule has 0 saturated carbocycles. The Hall–Kier alpha value is -1.42. The van der Waals surface area contributed by atoms with Crippen molar-refractivity contribution in [3.05, 3.63) is 42.2 Å². The summed E-state index contributed by atoms with van der Waals surface area (Å²) in [6.45, 7) is 0. The SMILES string of the molecule is CS(=O)(=O)CCc1ccc2cnccc2c1. The number of rotatable bonds is 3. The summed E-state index contributed by atoms with van der Waals surface area (Å²) < 4.78 is 22.1. The Morgan fingerprint density at radius 1 is 1.19 bits per heavy atom. The lowest BCUT2D eigenvalue weighted by Gasteiger charge is -2.02. The molecule has 0 spiro atoms. The fraction of sp³-hybridized carbons (Fsp3) is 0.250. The lowest BCUT2D eigenvalue weighted by molar-refractivity contribution is 0.601. The van der Waals surface area contributed by atoms with E-state index in [0.29, 0.717) is 6.42 Å². The fourth-order valence-corrected chi connectivity index (χ4v) is 2.20. The molecule has 0 bridgehead atoms. The number of hydrogen-bond acceptors (Lipinski definition) is 3. The number of benzene rings is 1. The number of nitrogens with zero attached hydrogens (tertiary/aromatic N) is 1. The summed E-state index contributed by atoms with van der Waals surface area (Å²) in [5.41, 5.74) is 1.05. The predicted molar refractivity (Wildman–Crippen MR) is 65.2 cm³/mol. The fourth-order valence-electron chi connectivity index (χ4n) is 1.59. The molecule has 0 saturated heterocycles. The Morgan fingerprint density at radius 2 is 2.00 bits per heavy atom. The van der Waals surface area contributed by atoms with E-state index in [-0.39, 0.29) is 5.75 Å². The van der Waals surface area contributed by atoms with E-state index in [1.54, 1.807) is 12.4 Å². The summed E-state index contributed by atoms with van der Waals surface area (Å²) in [4.78, 5) is 4.03. The van der Waals surface area contributed by atoms with Crippen LogP contribution in [-0.4, -0.2) is 25.4 Å². The molecular weight excluding hydrogens is 222 g/mol. The van der Waals surface area contributed by atoms with E-state index in [2.05, 4.69) is 4.98 Å². The van der Waals surface area contributed by atoms with Crippen molar-refractivity contribution in [3.8, 4) is 0 Å². The predicted octanol–water partition coefficient (Wildman–Crippen LogP) is 1.82. The zero-order valence-corrected chi connectivity index (χ0v) is 9.87. The molecule has 4 heteroatoms. The van der Waals surface area contributed by atoms with Gasteiger partial charge in [0.25, 0.3) is 0 Å². The molecule has 3 nitrogen and oxygen atoms in total. The molecule has 1 aromatic carbocycles. The van der Waals surface area contributed by atoms with Crippen molar-refractivity contribution >= 4 is 20.6 Å². The van der Waals surface area contributed by atoms with Gasteiger partial charge in [-0.2, -0.15) is 0 Å². The highest BCUT2D eigenvalue weighted by molar-refractivity contribution is 7.90. The molecule has 2 aromatic rings. The van der Waals surface area contributed by atoms with Gasteiger partial charge in [-0.3, -0.25) is 4.98 Å². The first-order valence-electron chi connectivity index (χ1n) is 5.05. The number of sulfone groups is 1. The van der Waals surface area contributed by atoms with Crippen LogP contribution in [0.4, 0.5) is 0 Å². The van der Waals surface area contributed by atoms with Gasteiger partial charge in [0.1, 0.15) is 9.84 Å². The average molecular weight is 235 g/mol. The molecule has 0 fully saturated rings. The zero-order chi connectivity index (χ0) is 11.6. The number of pyridine rings is 1. The minimum atomic E-state index is -2.89. The van der Waals surface area contributed by atoms with Gasteiger partial charge in [-0.1, -0.05) is 18.2 Å². The van der Waals surface area contributed by atoms with E-state index in [0.717, 1.165) is 16.3 Å². The van der Waals surface area contributed by atoms with Gasteiger partial charge in [-0.05, 0) is 23.4 Å². The zero-order valence-electron chi connectivity index (χ0n) is 9.05. The minimum absolute atomic E-state index is 0.198. The Balaban J connectivity index is 2.26. The lowest BCUT2D eigenvalue weighted by Crippen LogP contribution is -2.05. The lowest BCUT2D eigenvalue weighted by atomic mass is 10.1. The standard InChI is InChI=1S/C12H13NO2S/c1-16(14,15)7-5-10-2-3-12-9-13-6-4-11(12)8-10/h2-4,6,8-9H,5,7H2,1H3. The van der Waals surface area contributed by atoms with Crippen LogP contribution in [0.3, 0.4) is 0 Å². The van der Waals surface area contributed by atoms with Gasteiger partial charge in [0.2, 0.25) is 0 Å². The van der Waals surface area contributed by atoms with Crippen molar-refractivity contribution in [2.24, 2.45) is 0 Å². The third kappa shape index (κ3) is 2.79. The Morgan fingerprint density at radius 3 is 2.75 bits per heavy atom. The van der Waals surface area contributed by atoms with E-state index in [9.17, 15) is 8.42 Å². The van der Waals surface area contributed by atoms with Gasteiger partial charge < -0.3 is 0 Å². The van der Waals surface area contributed by atoms with E-state index in [1.807, 2.05) is 24.3 Å². The smallest absolute Gasteiger partial charge is 0.147 e. The van der Waals surface area contributed by atoms with Crippen LogP contribution in [0.1, 0.15) is 5.56 Å². The first-order chi connectivity index (χ1) is 7.54. The highest BCUT2D eigenvalue weighted by Gasteiger charge is 2.03. The second-order valence-electron chi connectivity index (χ2n) is 3.94. The largest absolute Gasteiger partial charge is 0.264 e. The van der Waals surface area contributed by atoms with E-state index >= 15 is 0 Å². The van der Waals surface area contributed by atoms with Crippen molar-refractivity contribution < 1.29 is 8.42 Å². The van der Waals surface area contributed by atoms with Crippen LogP contribution in [0, 0.1) is 0 Å². The summed E-state index contributed by atoms with van der Waals surface area (Å²) in [6, 6.07) is 7.87. The van der Waals surface area contributed by atoms with Crippen LogP contribution in [0.5, 0.6) is 0 Å². The average Bonchev–Trinajstić information content (AvgIpc) is 2.25. The molecule has 0 aliphatic carbocycles. The van der Waals surface area contributed by atoms with Gasteiger partial charge in [0.05, 0.1) is 5.75 Å². The van der Waals surface area contributed by atoms with Crippen molar-refractivity contribution in [2.75, 3.05) is 12.0 Å². The van der Waals surface area contributed by atoms with Gasteiger partial charge >= 0.3 is 0 Å². The van der Waals surface area contributed by atoms with Gasteiger partial charge in [-0.25, -0.2) is 8.42 Å². The Kier molecular flexibility index (Phi) is 2.92. The molecule has 16 heavy (non-hydrogen) atoms. The van der Waals surface area contributed by atoms with Gasteiger partial charge in [0.15, 0.2) is 0 Å². The van der Waals surface area contributed by atoms with Crippen LogP contribution in [0.25, 0.3) is 10.8 Å². The highest BCUT2D eigenvalue weighted by Crippen LogP contribution is 2.15. The molecule has 0 amide bonds. The molecule has 2 rings (SSSR count). The third-order valence-electron chi connectivity index (χ3n) is 2.47. The number of aromatic nitrogens is 1. The maximum atomic E-state index is 11.1. The van der Waals surface area contributed by atoms with Crippen LogP contribution in [-0.2, 0) is 16.3 Å². The van der Waals surface area contributed by atoms with E-state index in [4.69, 9.17) is 0 Å². The summed E-state index contributed by atoms with van der Waals surface area (Å²) in [7, 11) is -2.89. The quantitative estimate of drug-likeness (QED) is 0.815. The van der Waals surface area contributed by atoms with Crippen molar-refractivity contribution in [1.82, 2.24) is 4.98 Å². The summed E-state index contributed by atoms with van der Waals surface area (Å²) in [6.07, 6.45) is 5.37. The molecule has 1 aromatic heterocycles. The maximum absolute atomic E-state index is 11.1. The Labute approximate surface area is 95.1 Å². The molecule has 0 aliphatic rings. The second-order valence-corrected chi connectivity index (χ2v) is 6.20. The Bertz CT molecular complexity index is 605. The topological polar surface area (TPSA) is 47.0 Å². The van der Waals surface area contributed by atoms with E-state index in [1.165, 1.54) is 6.26 Å². The van der Waals surface area contributed by atoms with Crippen LogP contribution >= 0.6 is 0 Å². The maximum Gasteiger partial charge on any atom is 0.147 e. The first kappa shape index (κ1) is 11.1. The molecule has 1 heterocycles. The number of aryl methyl sites for hydroxylation is 1.